The Kier molecular flexibility index (Phi) is 8.42. The van der Waals surface area contributed by atoms with Gasteiger partial charge >= 0.3 is 6.09 Å². The molecule has 1 atom stereocenters. The summed E-state index contributed by atoms with van der Waals surface area (Å²) in [6.45, 7) is 7.64. The van der Waals surface area contributed by atoms with E-state index in [1.807, 2.05) is 46.0 Å². The minimum absolute atomic E-state index is 0.0752. The van der Waals surface area contributed by atoms with Crippen LogP contribution in [0.15, 0.2) is 27.9 Å². The van der Waals surface area contributed by atoms with Gasteiger partial charge in [-0.25, -0.2) is 4.79 Å². The molecule has 0 aromatic rings. The molecule has 26 heavy (non-hydrogen) atoms. The number of hydrogen-bond donors (Lipinski definition) is 0. The number of alkyl halides is 1. The van der Waals surface area contributed by atoms with E-state index in [9.17, 15) is 4.79 Å². The van der Waals surface area contributed by atoms with E-state index in [0.29, 0.717) is 5.45 Å². The van der Waals surface area contributed by atoms with E-state index in [0.717, 1.165) is 30.4 Å². The van der Waals surface area contributed by atoms with Crippen molar-refractivity contribution in [2.75, 3.05) is 19.5 Å². The van der Waals surface area contributed by atoms with Crippen molar-refractivity contribution in [1.29, 1.82) is 0 Å². The SMILES string of the molecule is C#C/C=C(\C)C1=C(N(C)/C=N/CBr)CCC(N(C)C(=O)OC(C)(C)C)C1. The van der Waals surface area contributed by atoms with Crippen LogP contribution in [0.2, 0.25) is 0 Å². The second-order valence-corrected chi connectivity index (χ2v) is 7.94. The van der Waals surface area contributed by atoms with E-state index < -0.39 is 5.60 Å². The van der Waals surface area contributed by atoms with Crippen molar-refractivity contribution < 1.29 is 9.53 Å². The zero-order chi connectivity index (χ0) is 19.9. The predicted molar refractivity (Wildman–Crippen MR) is 111 cm³/mol. The molecule has 0 fully saturated rings. The fourth-order valence-electron chi connectivity index (χ4n) is 2.94. The van der Waals surface area contributed by atoms with Gasteiger partial charge in [-0.1, -0.05) is 21.9 Å². The molecule has 0 aromatic carbocycles. The van der Waals surface area contributed by atoms with Crippen molar-refractivity contribution in [3.8, 4) is 12.3 Å². The van der Waals surface area contributed by atoms with Gasteiger partial charge in [0.2, 0.25) is 0 Å². The van der Waals surface area contributed by atoms with E-state index in [-0.39, 0.29) is 12.1 Å². The lowest BCUT2D eigenvalue weighted by Crippen LogP contribution is -2.42. The third-order valence-corrected chi connectivity index (χ3v) is 4.55. The van der Waals surface area contributed by atoms with Gasteiger partial charge in [-0.2, -0.15) is 0 Å². The largest absolute Gasteiger partial charge is 0.444 e. The second kappa shape index (κ2) is 9.82. The summed E-state index contributed by atoms with van der Waals surface area (Å²) in [5, 5.41) is 0. The van der Waals surface area contributed by atoms with E-state index in [2.05, 4.69) is 26.8 Å². The quantitative estimate of drug-likeness (QED) is 0.214. The zero-order valence-electron chi connectivity index (χ0n) is 16.7. The van der Waals surface area contributed by atoms with E-state index in [1.165, 1.54) is 5.70 Å². The molecule has 1 aliphatic rings. The molecule has 0 saturated heterocycles. The lowest BCUT2D eigenvalue weighted by Gasteiger charge is -2.36. The van der Waals surface area contributed by atoms with Gasteiger partial charge in [-0.05, 0) is 64.2 Å². The number of rotatable bonds is 5. The van der Waals surface area contributed by atoms with Crippen LogP contribution < -0.4 is 0 Å². The van der Waals surface area contributed by atoms with Crippen LogP contribution in [0.3, 0.4) is 0 Å². The summed E-state index contributed by atoms with van der Waals surface area (Å²) in [6, 6.07) is 0.0752. The third-order valence-electron chi connectivity index (χ3n) is 4.26. The number of amides is 1. The molecule has 1 unspecified atom stereocenters. The van der Waals surface area contributed by atoms with Crippen LogP contribution in [0.5, 0.6) is 0 Å². The molecule has 144 valence electrons. The fraction of sp³-hybridized carbons (Fsp3) is 0.600. The first-order chi connectivity index (χ1) is 12.1. The van der Waals surface area contributed by atoms with Gasteiger partial charge < -0.3 is 14.5 Å². The Morgan fingerprint density at radius 1 is 1.46 bits per heavy atom. The summed E-state index contributed by atoms with van der Waals surface area (Å²) >= 11 is 3.30. The maximum absolute atomic E-state index is 12.4. The van der Waals surface area contributed by atoms with Crippen LogP contribution in [0.1, 0.15) is 47.0 Å². The summed E-state index contributed by atoms with van der Waals surface area (Å²) < 4.78 is 5.51. The zero-order valence-corrected chi connectivity index (χ0v) is 18.3. The molecule has 0 aromatic heterocycles. The minimum Gasteiger partial charge on any atom is -0.444 e. The Balaban J connectivity index is 3.08. The highest BCUT2D eigenvalue weighted by molar-refractivity contribution is 9.09. The fourth-order valence-corrected chi connectivity index (χ4v) is 3.07. The smallest absolute Gasteiger partial charge is 0.410 e. The maximum Gasteiger partial charge on any atom is 0.410 e. The molecule has 0 spiro atoms. The number of allylic oxidation sites excluding steroid dienone is 3. The number of terminal acetylenes is 1. The van der Waals surface area contributed by atoms with Crippen molar-refractivity contribution in [1.82, 2.24) is 9.80 Å². The third kappa shape index (κ3) is 6.53. The number of carbonyl (C=O) groups is 1. The molecule has 0 heterocycles. The minimum atomic E-state index is -0.504. The van der Waals surface area contributed by atoms with Crippen LogP contribution in [-0.4, -0.2) is 53.4 Å². The van der Waals surface area contributed by atoms with Gasteiger partial charge in [0, 0.05) is 25.8 Å². The van der Waals surface area contributed by atoms with Crippen LogP contribution in [0.4, 0.5) is 4.79 Å². The molecule has 0 radical (unpaired) electrons. The Bertz CT molecular complexity index is 638. The second-order valence-electron chi connectivity index (χ2n) is 7.44. The molecule has 5 nitrogen and oxygen atoms in total. The monoisotopic (exact) mass is 423 g/mol. The molecular weight excluding hydrogens is 394 g/mol. The van der Waals surface area contributed by atoms with Gasteiger partial charge in [0.05, 0.1) is 11.8 Å². The highest BCUT2D eigenvalue weighted by atomic mass is 79.9. The number of nitrogens with zero attached hydrogens (tertiary/aromatic N) is 3. The summed E-state index contributed by atoms with van der Waals surface area (Å²) in [6.07, 6.45) is 11.2. The van der Waals surface area contributed by atoms with Gasteiger partial charge in [0.1, 0.15) is 5.60 Å². The van der Waals surface area contributed by atoms with Crippen LogP contribution >= 0.6 is 15.9 Å². The Labute approximate surface area is 166 Å². The maximum atomic E-state index is 12.4. The predicted octanol–water partition coefficient (Wildman–Crippen LogP) is 4.55. The molecule has 6 heteroatoms. The lowest BCUT2D eigenvalue weighted by molar-refractivity contribution is 0.0209. The van der Waals surface area contributed by atoms with Crippen molar-refractivity contribution in [2.45, 2.75) is 58.6 Å². The van der Waals surface area contributed by atoms with Gasteiger partial charge in [0.25, 0.3) is 0 Å². The van der Waals surface area contributed by atoms with Crippen LogP contribution in [-0.2, 0) is 4.74 Å². The van der Waals surface area contributed by atoms with Gasteiger partial charge in [0.15, 0.2) is 0 Å². The number of aliphatic imine (C=N–C) groups is 1. The summed E-state index contributed by atoms with van der Waals surface area (Å²) in [7, 11) is 3.79. The number of carbonyl (C=O) groups excluding carboxylic acids is 1. The average Bonchev–Trinajstić information content (AvgIpc) is 2.57. The number of halogens is 1. The standard InChI is InChI=1S/C20H30BrN3O2/c1-8-9-15(2)17-12-16(24(7)19(25)26-20(3,4)5)10-11-18(17)23(6)14-22-13-21/h1,9,14,16H,10-13H2,2-7H3/b15-9+,22-14+. The Morgan fingerprint density at radius 3 is 2.65 bits per heavy atom. The molecule has 1 rings (SSSR count). The molecule has 0 saturated carbocycles. The lowest BCUT2D eigenvalue weighted by atomic mass is 9.87. The van der Waals surface area contributed by atoms with Crippen molar-refractivity contribution in [3.63, 3.8) is 0 Å². The highest BCUT2D eigenvalue weighted by Gasteiger charge is 2.30. The van der Waals surface area contributed by atoms with E-state index in [1.54, 1.807) is 18.0 Å². The van der Waals surface area contributed by atoms with Gasteiger partial charge in [-0.15, -0.1) is 6.42 Å². The van der Waals surface area contributed by atoms with E-state index in [4.69, 9.17) is 11.2 Å². The molecular formula is C20H30BrN3O2. The van der Waals surface area contributed by atoms with E-state index >= 15 is 0 Å². The first-order valence-electron chi connectivity index (χ1n) is 8.70. The molecule has 1 amide bonds. The molecule has 0 aliphatic heterocycles. The van der Waals surface area contributed by atoms with Gasteiger partial charge in [-0.3, -0.25) is 4.99 Å². The van der Waals surface area contributed by atoms with Crippen molar-refractivity contribution in [2.24, 2.45) is 4.99 Å². The number of ether oxygens (including phenoxy) is 1. The molecule has 0 N–H and O–H groups in total. The van der Waals surface area contributed by atoms with Crippen molar-refractivity contribution in [3.05, 3.63) is 22.9 Å². The first kappa shape index (κ1) is 22.3. The van der Waals surface area contributed by atoms with Crippen LogP contribution in [0, 0.1) is 12.3 Å². The molecule has 1 aliphatic carbocycles. The summed E-state index contributed by atoms with van der Waals surface area (Å²) in [5.41, 5.74) is 3.45. The molecule has 0 bridgehead atoms. The topological polar surface area (TPSA) is 45.1 Å². The first-order valence-corrected chi connectivity index (χ1v) is 9.82. The Hall–Kier alpha value is -1.74. The average molecular weight is 424 g/mol. The van der Waals surface area contributed by atoms with Crippen LogP contribution in [0.25, 0.3) is 0 Å². The normalized spacial score (nSPS) is 18.7. The number of hydrogen-bond acceptors (Lipinski definition) is 3. The Morgan fingerprint density at radius 2 is 2.12 bits per heavy atom. The highest BCUT2D eigenvalue weighted by Crippen LogP contribution is 2.33. The van der Waals surface area contributed by atoms with Crippen molar-refractivity contribution >= 4 is 28.4 Å². The summed E-state index contributed by atoms with van der Waals surface area (Å²) in [4.78, 5) is 20.4. The summed E-state index contributed by atoms with van der Waals surface area (Å²) in [5.74, 6) is 2.60.